The van der Waals surface area contributed by atoms with E-state index in [1.165, 1.54) is 27.5 Å². The number of hydrogen-bond acceptors (Lipinski definition) is 6. The van der Waals surface area contributed by atoms with Crippen molar-refractivity contribution in [3.63, 3.8) is 0 Å². The summed E-state index contributed by atoms with van der Waals surface area (Å²) in [6, 6.07) is 1.72. The third-order valence-corrected chi connectivity index (χ3v) is 3.00. The molecule has 0 aliphatic rings. The average Bonchev–Trinajstić information content (AvgIpc) is 2.47. The molecule has 0 aromatic heterocycles. The summed E-state index contributed by atoms with van der Waals surface area (Å²) in [5, 5.41) is 18.2. The SMILES string of the molecule is CC(=O)O.COc1cc(C=NNC(=N)N)c(Br)c(OC)c1OC. The van der Waals surface area contributed by atoms with E-state index in [0.29, 0.717) is 27.3 Å². The van der Waals surface area contributed by atoms with Crippen molar-refractivity contribution in [2.24, 2.45) is 10.8 Å². The van der Waals surface area contributed by atoms with Crippen LogP contribution in [-0.2, 0) is 4.79 Å². The van der Waals surface area contributed by atoms with Crippen molar-refractivity contribution in [3.05, 3.63) is 16.1 Å². The fourth-order valence-corrected chi connectivity index (χ4v) is 1.96. The Morgan fingerprint density at radius 1 is 1.35 bits per heavy atom. The number of nitrogens with two attached hydrogens (primary N) is 1. The van der Waals surface area contributed by atoms with Gasteiger partial charge in [0.1, 0.15) is 0 Å². The zero-order valence-electron chi connectivity index (χ0n) is 13.1. The first kappa shape index (κ1) is 20.5. The monoisotopic (exact) mass is 390 g/mol. The van der Waals surface area contributed by atoms with E-state index >= 15 is 0 Å². The maximum atomic E-state index is 9.00. The Morgan fingerprint density at radius 2 is 1.87 bits per heavy atom. The van der Waals surface area contributed by atoms with Gasteiger partial charge in [-0.1, -0.05) is 0 Å². The lowest BCUT2D eigenvalue weighted by Gasteiger charge is -2.15. The predicted molar refractivity (Wildman–Crippen MR) is 89.8 cm³/mol. The summed E-state index contributed by atoms with van der Waals surface area (Å²) >= 11 is 3.40. The minimum absolute atomic E-state index is 0.250. The second-order valence-electron chi connectivity index (χ2n) is 3.85. The molecule has 0 fully saturated rings. The van der Waals surface area contributed by atoms with Crippen LogP contribution >= 0.6 is 15.9 Å². The van der Waals surface area contributed by atoms with Gasteiger partial charge in [-0.3, -0.25) is 10.2 Å². The van der Waals surface area contributed by atoms with Crippen molar-refractivity contribution in [2.75, 3.05) is 21.3 Å². The van der Waals surface area contributed by atoms with Crippen LogP contribution in [0.15, 0.2) is 15.6 Å². The van der Waals surface area contributed by atoms with Gasteiger partial charge in [0.2, 0.25) is 11.7 Å². The number of methoxy groups -OCH3 is 3. The van der Waals surface area contributed by atoms with Crippen molar-refractivity contribution in [1.29, 1.82) is 5.41 Å². The largest absolute Gasteiger partial charge is 0.493 e. The molecular formula is C13H19BrN4O5. The van der Waals surface area contributed by atoms with Crippen molar-refractivity contribution in [1.82, 2.24) is 5.43 Å². The number of benzene rings is 1. The number of halogens is 1. The van der Waals surface area contributed by atoms with Crippen LogP contribution in [0.5, 0.6) is 17.2 Å². The standard InChI is InChI=1S/C11H15BrN4O3.C2H4O2/c1-17-7-4-6(5-15-16-11(13)14)8(12)10(19-3)9(7)18-2;1-2(3)4/h4-5H,1-3H3,(H4,13,14,16);1H3,(H,3,4). The number of hydrazone groups is 1. The van der Waals surface area contributed by atoms with Gasteiger partial charge in [0.05, 0.1) is 32.0 Å². The number of nitrogens with one attached hydrogen (secondary N) is 2. The lowest BCUT2D eigenvalue weighted by atomic mass is 10.2. The highest BCUT2D eigenvalue weighted by molar-refractivity contribution is 9.10. The van der Waals surface area contributed by atoms with Crippen LogP contribution in [0.3, 0.4) is 0 Å². The van der Waals surface area contributed by atoms with Gasteiger partial charge in [-0.25, -0.2) is 5.43 Å². The molecule has 0 saturated heterocycles. The Balaban J connectivity index is 0.00000108. The number of nitrogens with zero attached hydrogens (tertiary/aromatic N) is 1. The second kappa shape index (κ2) is 10.3. The highest BCUT2D eigenvalue weighted by atomic mass is 79.9. The first-order valence-corrected chi connectivity index (χ1v) is 6.88. The second-order valence-corrected chi connectivity index (χ2v) is 4.64. The van der Waals surface area contributed by atoms with Gasteiger partial charge in [0.15, 0.2) is 11.5 Å². The third kappa shape index (κ3) is 6.87. The summed E-state index contributed by atoms with van der Waals surface area (Å²) in [7, 11) is 4.58. The van der Waals surface area contributed by atoms with E-state index in [-0.39, 0.29) is 5.96 Å². The van der Waals surface area contributed by atoms with Crippen LogP contribution in [0.25, 0.3) is 0 Å². The molecule has 0 saturated carbocycles. The molecule has 128 valence electrons. The molecule has 0 aliphatic heterocycles. The van der Waals surface area contributed by atoms with E-state index in [9.17, 15) is 0 Å². The van der Waals surface area contributed by atoms with Gasteiger partial charge in [-0.05, 0) is 22.0 Å². The van der Waals surface area contributed by atoms with Gasteiger partial charge in [0, 0.05) is 12.5 Å². The third-order valence-electron chi connectivity index (χ3n) is 2.19. The molecule has 0 atom stereocenters. The molecule has 9 nitrogen and oxygen atoms in total. The Kier molecular flexibility index (Phi) is 9.16. The van der Waals surface area contributed by atoms with Crippen molar-refractivity contribution < 1.29 is 24.1 Å². The average molecular weight is 391 g/mol. The van der Waals surface area contributed by atoms with E-state index in [1.54, 1.807) is 6.07 Å². The molecule has 1 aromatic rings. The Bertz CT molecular complexity index is 588. The Hall–Kier alpha value is -2.49. The predicted octanol–water partition coefficient (Wildman–Crippen LogP) is 1.38. The molecule has 0 spiro atoms. The highest BCUT2D eigenvalue weighted by Gasteiger charge is 2.18. The van der Waals surface area contributed by atoms with Crippen LogP contribution in [-0.4, -0.2) is 44.6 Å². The molecule has 1 aromatic carbocycles. The van der Waals surface area contributed by atoms with E-state index < -0.39 is 5.97 Å². The van der Waals surface area contributed by atoms with E-state index in [0.717, 1.165) is 6.92 Å². The number of hydrogen-bond donors (Lipinski definition) is 4. The van der Waals surface area contributed by atoms with Crippen LogP contribution in [0.4, 0.5) is 0 Å². The zero-order valence-corrected chi connectivity index (χ0v) is 14.7. The maximum Gasteiger partial charge on any atom is 0.300 e. The van der Waals surface area contributed by atoms with Gasteiger partial charge >= 0.3 is 0 Å². The number of rotatable bonds is 5. The van der Waals surface area contributed by atoms with Crippen LogP contribution in [0, 0.1) is 5.41 Å². The quantitative estimate of drug-likeness (QED) is 0.338. The minimum atomic E-state index is -0.833. The van der Waals surface area contributed by atoms with Crippen LogP contribution in [0.1, 0.15) is 12.5 Å². The van der Waals surface area contributed by atoms with Crippen LogP contribution < -0.4 is 25.4 Å². The summed E-state index contributed by atoms with van der Waals surface area (Å²) in [6.45, 7) is 1.08. The fraction of sp³-hybridized carbons (Fsp3) is 0.308. The van der Waals surface area contributed by atoms with Gasteiger partial charge < -0.3 is 25.1 Å². The Labute approximate surface area is 142 Å². The molecule has 0 aliphatic carbocycles. The van der Waals surface area contributed by atoms with Gasteiger partial charge in [-0.15, -0.1) is 0 Å². The lowest BCUT2D eigenvalue weighted by Crippen LogP contribution is -2.25. The molecule has 1 rings (SSSR count). The summed E-state index contributed by atoms with van der Waals surface area (Å²) in [5.74, 6) is 0.395. The number of carboxylic acids is 1. The molecule has 0 radical (unpaired) electrons. The number of ether oxygens (including phenoxy) is 3. The summed E-state index contributed by atoms with van der Waals surface area (Å²) in [5.41, 5.74) is 8.13. The summed E-state index contributed by atoms with van der Waals surface area (Å²) in [6.07, 6.45) is 1.48. The molecule has 0 unspecified atom stereocenters. The first-order chi connectivity index (χ1) is 10.8. The number of aliphatic carboxylic acids is 1. The van der Waals surface area contributed by atoms with Crippen molar-refractivity contribution in [3.8, 4) is 17.2 Å². The smallest absolute Gasteiger partial charge is 0.300 e. The maximum absolute atomic E-state index is 9.00. The number of carboxylic acid groups (broad SMARTS) is 1. The molecule has 0 amide bonds. The Morgan fingerprint density at radius 3 is 2.26 bits per heavy atom. The topological polar surface area (TPSA) is 139 Å². The molecular weight excluding hydrogens is 372 g/mol. The van der Waals surface area contributed by atoms with E-state index in [4.69, 9.17) is 35.3 Å². The fourth-order valence-electron chi connectivity index (χ4n) is 1.41. The van der Waals surface area contributed by atoms with Gasteiger partial charge in [0.25, 0.3) is 5.97 Å². The van der Waals surface area contributed by atoms with Crippen molar-refractivity contribution in [2.45, 2.75) is 6.92 Å². The van der Waals surface area contributed by atoms with E-state index in [2.05, 4.69) is 26.5 Å². The first-order valence-electron chi connectivity index (χ1n) is 6.09. The lowest BCUT2D eigenvalue weighted by molar-refractivity contribution is -0.134. The molecule has 10 heteroatoms. The minimum Gasteiger partial charge on any atom is -0.493 e. The van der Waals surface area contributed by atoms with Crippen LogP contribution in [0.2, 0.25) is 0 Å². The number of guanidine groups is 1. The zero-order chi connectivity index (χ0) is 18.0. The molecule has 5 N–H and O–H groups in total. The van der Waals surface area contributed by atoms with Crippen molar-refractivity contribution >= 4 is 34.1 Å². The molecule has 23 heavy (non-hydrogen) atoms. The summed E-state index contributed by atoms with van der Waals surface area (Å²) in [4.78, 5) is 9.00. The van der Waals surface area contributed by atoms with E-state index in [1.807, 2.05) is 0 Å². The normalized spacial score (nSPS) is 9.61. The summed E-state index contributed by atoms with van der Waals surface area (Å²) < 4.78 is 16.4. The number of carbonyl (C=O) groups is 1. The van der Waals surface area contributed by atoms with Gasteiger partial charge in [-0.2, -0.15) is 5.10 Å². The molecule has 0 bridgehead atoms. The highest BCUT2D eigenvalue weighted by Crippen LogP contribution is 2.44. The molecule has 0 heterocycles.